The fourth-order valence-corrected chi connectivity index (χ4v) is 3.90. The first-order chi connectivity index (χ1) is 12.1. The van der Waals surface area contributed by atoms with Crippen LogP contribution in [0.15, 0.2) is 24.3 Å². The molecule has 134 valence electrons. The highest BCUT2D eigenvalue weighted by Gasteiger charge is 2.28. The summed E-state index contributed by atoms with van der Waals surface area (Å²) < 4.78 is 0. The monoisotopic (exact) mass is 360 g/mol. The summed E-state index contributed by atoms with van der Waals surface area (Å²) in [6.07, 6.45) is 4.62. The number of piperidine rings is 2. The highest BCUT2D eigenvalue weighted by atomic mass is 35.5. The van der Waals surface area contributed by atoms with E-state index in [1.165, 1.54) is 5.56 Å². The van der Waals surface area contributed by atoms with Gasteiger partial charge in [0.2, 0.25) is 5.91 Å². The molecule has 6 heteroatoms. The Morgan fingerprint density at radius 3 is 2.76 bits per heavy atom. The molecule has 0 spiro atoms. The van der Waals surface area contributed by atoms with Crippen molar-refractivity contribution in [3.05, 3.63) is 34.9 Å². The second kappa shape index (κ2) is 8.66. The molecule has 0 saturated carbocycles. The first kappa shape index (κ1) is 18.2. The third-order valence-electron chi connectivity index (χ3n) is 5.19. The van der Waals surface area contributed by atoms with Gasteiger partial charge in [-0.15, -0.1) is 0 Å². The van der Waals surface area contributed by atoms with E-state index in [0.717, 1.165) is 43.7 Å². The van der Waals surface area contributed by atoms with Gasteiger partial charge in [-0.1, -0.05) is 23.7 Å². The standard InChI is InChI=1S/C19H25ClN4O/c20-16-3-1-2-13(9-16)8-14-4-7-18(23-11-14)24-19(25)15-5-6-17(10-21)22-12-15/h1-3,9,14-15,17-18,22-23H,4-8,11-12H2,(H,24,25). The van der Waals surface area contributed by atoms with Gasteiger partial charge in [-0.3, -0.25) is 10.1 Å². The number of rotatable bonds is 4. The third kappa shape index (κ3) is 5.18. The van der Waals surface area contributed by atoms with Gasteiger partial charge in [-0.05, 0) is 55.7 Å². The van der Waals surface area contributed by atoms with Crippen LogP contribution in [0.3, 0.4) is 0 Å². The number of nitrogens with one attached hydrogen (secondary N) is 3. The lowest BCUT2D eigenvalue weighted by atomic mass is 9.90. The number of benzene rings is 1. The number of carbonyl (C=O) groups excluding carboxylic acids is 1. The van der Waals surface area contributed by atoms with Crippen LogP contribution < -0.4 is 16.0 Å². The first-order valence-corrected chi connectivity index (χ1v) is 9.43. The minimum absolute atomic E-state index is 0.0319. The molecule has 2 aliphatic heterocycles. The summed E-state index contributed by atoms with van der Waals surface area (Å²) in [4.78, 5) is 12.4. The number of amides is 1. The molecule has 0 bridgehead atoms. The predicted molar refractivity (Wildman–Crippen MR) is 97.9 cm³/mol. The second-order valence-electron chi connectivity index (χ2n) is 7.11. The van der Waals surface area contributed by atoms with Crippen molar-refractivity contribution in [2.24, 2.45) is 11.8 Å². The van der Waals surface area contributed by atoms with Crippen LogP contribution in [0.1, 0.15) is 31.2 Å². The topological polar surface area (TPSA) is 77.0 Å². The van der Waals surface area contributed by atoms with E-state index < -0.39 is 0 Å². The SMILES string of the molecule is N#CC1CCC(C(=O)NC2CCC(Cc3cccc(Cl)c3)CN2)CN1. The van der Waals surface area contributed by atoms with Crippen LogP contribution in [0.2, 0.25) is 5.02 Å². The lowest BCUT2D eigenvalue weighted by molar-refractivity contribution is -0.126. The summed E-state index contributed by atoms with van der Waals surface area (Å²) in [5.74, 6) is 0.629. The summed E-state index contributed by atoms with van der Waals surface area (Å²) >= 11 is 6.05. The Kier molecular flexibility index (Phi) is 6.30. The van der Waals surface area contributed by atoms with E-state index in [4.69, 9.17) is 16.9 Å². The van der Waals surface area contributed by atoms with Gasteiger partial charge in [-0.2, -0.15) is 5.26 Å². The smallest absolute Gasteiger partial charge is 0.225 e. The van der Waals surface area contributed by atoms with E-state index in [-0.39, 0.29) is 24.0 Å². The fourth-order valence-electron chi connectivity index (χ4n) is 3.69. The zero-order chi connectivity index (χ0) is 17.6. The summed E-state index contributed by atoms with van der Waals surface area (Å²) in [6, 6.07) is 10.1. The second-order valence-corrected chi connectivity index (χ2v) is 7.55. The molecule has 1 aromatic rings. The molecule has 4 unspecified atom stereocenters. The predicted octanol–water partition coefficient (Wildman–Crippen LogP) is 2.22. The third-order valence-corrected chi connectivity index (χ3v) is 5.42. The minimum atomic E-state index is -0.107. The quantitative estimate of drug-likeness (QED) is 0.769. The van der Waals surface area contributed by atoms with Gasteiger partial charge in [-0.25, -0.2) is 0 Å². The van der Waals surface area contributed by atoms with Gasteiger partial charge in [0.15, 0.2) is 0 Å². The Labute approximate surface area is 154 Å². The van der Waals surface area contributed by atoms with Crippen molar-refractivity contribution in [3.63, 3.8) is 0 Å². The van der Waals surface area contributed by atoms with Crippen molar-refractivity contribution in [3.8, 4) is 6.07 Å². The number of nitriles is 1. The lowest BCUT2D eigenvalue weighted by Crippen LogP contribution is -2.53. The number of nitrogens with zero attached hydrogens (tertiary/aromatic N) is 1. The van der Waals surface area contributed by atoms with Gasteiger partial charge in [0.25, 0.3) is 0 Å². The molecule has 3 N–H and O–H groups in total. The fraction of sp³-hybridized carbons (Fsp3) is 0.579. The average Bonchev–Trinajstić information content (AvgIpc) is 2.63. The zero-order valence-electron chi connectivity index (χ0n) is 14.3. The first-order valence-electron chi connectivity index (χ1n) is 9.05. The number of carbonyl (C=O) groups is 1. The maximum atomic E-state index is 12.4. The van der Waals surface area contributed by atoms with Crippen LogP contribution >= 0.6 is 11.6 Å². The Hall–Kier alpha value is -1.61. The average molecular weight is 361 g/mol. The summed E-state index contributed by atoms with van der Waals surface area (Å²) in [5, 5.41) is 19.4. The van der Waals surface area contributed by atoms with E-state index in [0.29, 0.717) is 12.5 Å². The van der Waals surface area contributed by atoms with Gasteiger partial charge in [0.1, 0.15) is 0 Å². The summed E-state index contributed by atoms with van der Waals surface area (Å²) in [6.45, 7) is 1.49. The van der Waals surface area contributed by atoms with Crippen molar-refractivity contribution in [1.29, 1.82) is 5.26 Å². The Morgan fingerprint density at radius 1 is 1.24 bits per heavy atom. The Balaban J connectivity index is 1.40. The molecule has 2 saturated heterocycles. The molecule has 2 fully saturated rings. The molecule has 1 amide bonds. The highest BCUT2D eigenvalue weighted by Crippen LogP contribution is 2.21. The van der Waals surface area contributed by atoms with Crippen molar-refractivity contribution < 1.29 is 4.79 Å². The largest absolute Gasteiger partial charge is 0.340 e. The van der Waals surface area contributed by atoms with Crippen molar-refractivity contribution in [2.75, 3.05) is 13.1 Å². The van der Waals surface area contributed by atoms with Crippen LogP contribution in [0.4, 0.5) is 0 Å². The molecule has 2 aliphatic rings. The Bertz CT molecular complexity index is 629. The molecule has 0 aliphatic carbocycles. The maximum Gasteiger partial charge on any atom is 0.225 e. The van der Waals surface area contributed by atoms with Crippen LogP contribution in [-0.2, 0) is 11.2 Å². The molecule has 0 aromatic heterocycles. The van der Waals surface area contributed by atoms with E-state index in [2.05, 4.69) is 28.1 Å². The molecule has 0 radical (unpaired) electrons. The normalized spacial score (nSPS) is 29.6. The van der Waals surface area contributed by atoms with Gasteiger partial charge >= 0.3 is 0 Å². The zero-order valence-corrected chi connectivity index (χ0v) is 15.1. The van der Waals surface area contributed by atoms with E-state index in [9.17, 15) is 4.79 Å². The lowest BCUT2D eigenvalue weighted by Gasteiger charge is -2.32. The number of hydrogen-bond acceptors (Lipinski definition) is 4. The van der Waals surface area contributed by atoms with Crippen LogP contribution in [0, 0.1) is 23.2 Å². The highest BCUT2D eigenvalue weighted by molar-refractivity contribution is 6.30. The molecular weight excluding hydrogens is 336 g/mol. The summed E-state index contributed by atoms with van der Waals surface area (Å²) in [7, 11) is 0. The van der Waals surface area contributed by atoms with Crippen molar-refractivity contribution >= 4 is 17.5 Å². The molecule has 2 heterocycles. The van der Waals surface area contributed by atoms with E-state index in [1.807, 2.05) is 18.2 Å². The molecule has 1 aromatic carbocycles. The molecule has 5 nitrogen and oxygen atoms in total. The summed E-state index contributed by atoms with van der Waals surface area (Å²) in [5.41, 5.74) is 1.27. The van der Waals surface area contributed by atoms with E-state index in [1.54, 1.807) is 0 Å². The van der Waals surface area contributed by atoms with E-state index >= 15 is 0 Å². The van der Waals surface area contributed by atoms with Crippen LogP contribution in [-0.4, -0.2) is 31.2 Å². The minimum Gasteiger partial charge on any atom is -0.340 e. The molecule has 3 rings (SSSR count). The van der Waals surface area contributed by atoms with Gasteiger partial charge in [0, 0.05) is 18.1 Å². The van der Waals surface area contributed by atoms with Crippen molar-refractivity contribution in [2.45, 2.75) is 44.3 Å². The molecule has 25 heavy (non-hydrogen) atoms. The molecular formula is C19H25ClN4O. The van der Waals surface area contributed by atoms with Crippen LogP contribution in [0.5, 0.6) is 0 Å². The van der Waals surface area contributed by atoms with Gasteiger partial charge < -0.3 is 10.6 Å². The molecule has 4 atom stereocenters. The maximum absolute atomic E-state index is 12.4. The van der Waals surface area contributed by atoms with Gasteiger partial charge in [0.05, 0.1) is 24.2 Å². The Morgan fingerprint density at radius 2 is 2.12 bits per heavy atom. The number of hydrogen-bond donors (Lipinski definition) is 3. The van der Waals surface area contributed by atoms with Crippen molar-refractivity contribution in [1.82, 2.24) is 16.0 Å². The van der Waals surface area contributed by atoms with Crippen LogP contribution in [0.25, 0.3) is 0 Å². The number of halogens is 1.